The van der Waals surface area contributed by atoms with Gasteiger partial charge >= 0.3 is 0 Å². The topological polar surface area (TPSA) is 82.9 Å². The highest BCUT2D eigenvalue weighted by Gasteiger charge is 2.61. The zero-order valence-corrected chi connectivity index (χ0v) is 17.3. The minimum Gasteiger partial charge on any atom is -0.467 e. The molecule has 2 aliphatic rings. The molecular formula is C23H19N3O4S. The molecule has 3 amide bonds. The van der Waals surface area contributed by atoms with Gasteiger partial charge in [0.05, 0.1) is 24.2 Å². The number of para-hydroxylation sites is 2. The van der Waals surface area contributed by atoms with Crippen LogP contribution in [0.1, 0.15) is 11.3 Å². The first-order valence-corrected chi connectivity index (χ1v) is 10.8. The Balaban J connectivity index is 1.48. The van der Waals surface area contributed by atoms with Crippen molar-refractivity contribution in [2.75, 3.05) is 22.1 Å². The molecule has 156 valence electrons. The fraction of sp³-hybridized carbons (Fsp3) is 0.174. The summed E-state index contributed by atoms with van der Waals surface area (Å²) in [6, 6.07) is 20.0. The van der Waals surface area contributed by atoms with E-state index < -0.39 is 4.87 Å². The second-order valence-electron chi connectivity index (χ2n) is 7.26. The molecule has 1 saturated heterocycles. The van der Waals surface area contributed by atoms with Crippen molar-refractivity contribution in [2.45, 2.75) is 11.4 Å². The minimum atomic E-state index is -1.21. The summed E-state index contributed by atoms with van der Waals surface area (Å²) in [5.41, 5.74) is 2.02. The molecule has 3 heterocycles. The number of hydrogen-bond acceptors (Lipinski definition) is 5. The third kappa shape index (κ3) is 3.11. The first kappa shape index (κ1) is 19.4. The Labute approximate surface area is 183 Å². The number of carbonyl (C=O) groups is 3. The molecule has 1 fully saturated rings. The average Bonchev–Trinajstić information content (AvgIpc) is 3.49. The van der Waals surface area contributed by atoms with E-state index in [9.17, 15) is 14.4 Å². The maximum Gasteiger partial charge on any atom is 0.269 e. The monoisotopic (exact) mass is 433 g/mol. The lowest BCUT2D eigenvalue weighted by Crippen LogP contribution is -2.51. The number of amides is 3. The highest BCUT2D eigenvalue weighted by molar-refractivity contribution is 8.02. The number of anilines is 2. The van der Waals surface area contributed by atoms with Gasteiger partial charge in [-0.05, 0) is 30.3 Å². The molecule has 31 heavy (non-hydrogen) atoms. The molecule has 1 atom stereocenters. The van der Waals surface area contributed by atoms with Crippen molar-refractivity contribution in [3.63, 3.8) is 0 Å². The van der Waals surface area contributed by atoms with Crippen LogP contribution in [0, 0.1) is 0 Å². The van der Waals surface area contributed by atoms with E-state index in [0.717, 1.165) is 5.56 Å². The van der Waals surface area contributed by atoms with Crippen LogP contribution in [-0.2, 0) is 25.8 Å². The van der Waals surface area contributed by atoms with Crippen LogP contribution in [0.15, 0.2) is 77.4 Å². The summed E-state index contributed by atoms with van der Waals surface area (Å²) in [7, 11) is 0. The third-order valence-corrected chi connectivity index (χ3v) is 6.81. The van der Waals surface area contributed by atoms with Crippen LogP contribution < -0.4 is 15.1 Å². The van der Waals surface area contributed by atoms with Crippen LogP contribution in [0.5, 0.6) is 0 Å². The van der Waals surface area contributed by atoms with E-state index in [4.69, 9.17) is 4.42 Å². The number of furan rings is 1. The molecule has 3 aromatic rings. The number of rotatable bonds is 5. The lowest BCUT2D eigenvalue weighted by atomic mass is 10.0. The SMILES string of the molecule is O=C(CN1C(=O)C2(SCC(=O)N2c2ccccc2)c2ccccc21)NCc1ccco1. The predicted octanol–water partition coefficient (Wildman–Crippen LogP) is 2.88. The summed E-state index contributed by atoms with van der Waals surface area (Å²) in [6.45, 7) is 0.0969. The molecule has 1 spiro atoms. The molecule has 2 aliphatic heterocycles. The van der Waals surface area contributed by atoms with E-state index in [-0.39, 0.29) is 36.6 Å². The van der Waals surface area contributed by atoms with E-state index in [1.807, 2.05) is 54.6 Å². The quantitative estimate of drug-likeness (QED) is 0.669. The Kier molecular flexibility index (Phi) is 4.78. The number of hydrogen-bond donors (Lipinski definition) is 1. The normalized spacial score (nSPS) is 19.9. The largest absolute Gasteiger partial charge is 0.467 e. The molecule has 5 rings (SSSR count). The summed E-state index contributed by atoms with van der Waals surface area (Å²) in [5.74, 6) is 0.0837. The second kappa shape index (κ2) is 7.63. The summed E-state index contributed by atoms with van der Waals surface area (Å²) in [5, 5.41) is 2.78. The molecule has 1 unspecified atom stereocenters. The number of nitrogens with zero attached hydrogens (tertiary/aromatic N) is 2. The van der Waals surface area contributed by atoms with Gasteiger partial charge in [0.2, 0.25) is 16.7 Å². The molecule has 1 aromatic heterocycles. The number of fused-ring (bicyclic) bond motifs is 2. The summed E-state index contributed by atoms with van der Waals surface area (Å²) >= 11 is 1.29. The lowest BCUT2D eigenvalue weighted by molar-refractivity contribution is -0.125. The Morgan fingerprint density at radius 3 is 2.58 bits per heavy atom. The number of nitrogens with one attached hydrogen (secondary N) is 1. The van der Waals surface area contributed by atoms with Gasteiger partial charge in [-0.3, -0.25) is 24.2 Å². The zero-order valence-electron chi connectivity index (χ0n) is 16.5. The Bertz CT molecular complexity index is 1150. The van der Waals surface area contributed by atoms with Crippen molar-refractivity contribution in [3.8, 4) is 0 Å². The maximum absolute atomic E-state index is 13.8. The number of benzene rings is 2. The second-order valence-corrected chi connectivity index (χ2v) is 8.43. The molecule has 0 radical (unpaired) electrons. The smallest absolute Gasteiger partial charge is 0.269 e. The Morgan fingerprint density at radius 1 is 1.03 bits per heavy atom. The predicted molar refractivity (Wildman–Crippen MR) is 117 cm³/mol. The van der Waals surface area contributed by atoms with Crippen molar-refractivity contribution < 1.29 is 18.8 Å². The van der Waals surface area contributed by atoms with Gasteiger partial charge in [0.25, 0.3) is 5.91 Å². The van der Waals surface area contributed by atoms with Crippen molar-refractivity contribution in [3.05, 3.63) is 84.3 Å². The number of thioether (sulfide) groups is 1. The van der Waals surface area contributed by atoms with Crippen molar-refractivity contribution >= 4 is 40.9 Å². The van der Waals surface area contributed by atoms with Gasteiger partial charge in [0, 0.05) is 11.3 Å². The van der Waals surface area contributed by atoms with E-state index in [1.165, 1.54) is 22.9 Å². The summed E-state index contributed by atoms with van der Waals surface area (Å²) < 4.78 is 5.24. The highest BCUT2D eigenvalue weighted by Crippen LogP contribution is 2.55. The van der Waals surface area contributed by atoms with Gasteiger partial charge in [0.15, 0.2) is 0 Å². The Hall–Kier alpha value is -3.52. The van der Waals surface area contributed by atoms with Crippen LogP contribution in [-0.4, -0.2) is 30.0 Å². The highest BCUT2D eigenvalue weighted by atomic mass is 32.2. The molecule has 2 aromatic carbocycles. The molecule has 8 heteroatoms. The van der Waals surface area contributed by atoms with Gasteiger partial charge in [-0.1, -0.05) is 36.4 Å². The zero-order chi connectivity index (χ0) is 21.4. The van der Waals surface area contributed by atoms with E-state index in [0.29, 0.717) is 17.1 Å². The molecule has 0 aliphatic carbocycles. The van der Waals surface area contributed by atoms with Crippen LogP contribution in [0.25, 0.3) is 0 Å². The summed E-state index contributed by atoms with van der Waals surface area (Å²) in [4.78, 5) is 41.2. The molecule has 1 N–H and O–H groups in total. The Morgan fingerprint density at radius 2 is 1.81 bits per heavy atom. The standard InChI is InChI=1S/C23H19N3O4S/c27-20(24-13-17-9-6-12-30-17)14-25-19-11-5-4-10-18(19)23(22(25)29)26(21(28)15-31-23)16-7-2-1-3-8-16/h1-12H,13-15H2,(H,24,27). The first-order valence-electron chi connectivity index (χ1n) is 9.84. The van der Waals surface area contributed by atoms with Gasteiger partial charge in [-0.25, -0.2) is 0 Å². The minimum absolute atomic E-state index is 0.136. The van der Waals surface area contributed by atoms with E-state index in [2.05, 4.69) is 5.32 Å². The van der Waals surface area contributed by atoms with Crippen LogP contribution in [0.3, 0.4) is 0 Å². The van der Waals surface area contributed by atoms with Gasteiger partial charge < -0.3 is 9.73 Å². The van der Waals surface area contributed by atoms with E-state index in [1.54, 1.807) is 17.0 Å². The van der Waals surface area contributed by atoms with E-state index >= 15 is 0 Å². The first-order chi connectivity index (χ1) is 15.1. The lowest BCUT2D eigenvalue weighted by Gasteiger charge is -2.33. The molecule has 7 nitrogen and oxygen atoms in total. The maximum atomic E-state index is 13.8. The summed E-state index contributed by atoms with van der Waals surface area (Å²) in [6.07, 6.45) is 1.54. The van der Waals surface area contributed by atoms with Gasteiger partial charge in [-0.2, -0.15) is 0 Å². The average molecular weight is 433 g/mol. The van der Waals surface area contributed by atoms with Crippen LogP contribution in [0.2, 0.25) is 0 Å². The van der Waals surface area contributed by atoms with Gasteiger partial charge in [-0.15, -0.1) is 11.8 Å². The van der Waals surface area contributed by atoms with Crippen molar-refractivity contribution in [1.82, 2.24) is 5.32 Å². The van der Waals surface area contributed by atoms with Crippen molar-refractivity contribution in [1.29, 1.82) is 0 Å². The molecule has 0 saturated carbocycles. The van der Waals surface area contributed by atoms with Crippen molar-refractivity contribution in [2.24, 2.45) is 0 Å². The van der Waals surface area contributed by atoms with Gasteiger partial charge in [0.1, 0.15) is 12.3 Å². The van der Waals surface area contributed by atoms with Crippen LogP contribution in [0.4, 0.5) is 11.4 Å². The molecular weight excluding hydrogens is 414 g/mol. The fourth-order valence-corrected chi connectivity index (χ4v) is 5.45. The number of carbonyl (C=O) groups excluding carboxylic acids is 3. The fourth-order valence-electron chi connectivity index (χ4n) is 4.09. The van der Waals surface area contributed by atoms with Crippen LogP contribution >= 0.6 is 11.8 Å². The molecule has 0 bridgehead atoms. The third-order valence-electron chi connectivity index (χ3n) is 5.42.